The first kappa shape index (κ1) is 10.3. The van der Waals surface area contributed by atoms with Crippen molar-refractivity contribution in [1.29, 1.82) is 0 Å². The Kier molecular flexibility index (Phi) is 2.17. The summed E-state index contributed by atoms with van der Waals surface area (Å²) in [6.45, 7) is 1.80. The number of hydrogen-bond donors (Lipinski definition) is 1. The van der Waals surface area contributed by atoms with Crippen molar-refractivity contribution < 1.29 is 14.2 Å². The average Bonchev–Trinajstić information content (AvgIpc) is 2.64. The predicted octanol–water partition coefficient (Wildman–Crippen LogP) is 0.423. The van der Waals surface area contributed by atoms with Gasteiger partial charge < -0.3 is 19.2 Å². The first-order valence-electron chi connectivity index (χ1n) is 5.14. The van der Waals surface area contributed by atoms with E-state index in [0.717, 1.165) is 0 Å². The molecular weight excluding hydrogens is 226 g/mol. The van der Waals surface area contributed by atoms with Crippen molar-refractivity contribution in [1.82, 2.24) is 14.6 Å². The van der Waals surface area contributed by atoms with E-state index in [2.05, 4.69) is 10.1 Å². The maximum absolute atomic E-state index is 11.7. The van der Waals surface area contributed by atoms with Crippen molar-refractivity contribution in [2.75, 3.05) is 7.11 Å². The van der Waals surface area contributed by atoms with Gasteiger partial charge in [0.1, 0.15) is 6.33 Å². The van der Waals surface area contributed by atoms with E-state index in [4.69, 9.17) is 14.2 Å². The number of aromatic nitrogens is 3. The molecule has 90 valence electrons. The molecule has 17 heavy (non-hydrogen) atoms. The van der Waals surface area contributed by atoms with Crippen molar-refractivity contribution in [2.24, 2.45) is 0 Å². The molecule has 2 aromatic rings. The molecule has 0 atom stereocenters. The third-order valence-electron chi connectivity index (χ3n) is 2.65. The lowest BCUT2D eigenvalue weighted by Gasteiger charge is -2.33. The Labute approximate surface area is 95.9 Å². The summed E-state index contributed by atoms with van der Waals surface area (Å²) in [5.41, 5.74) is 0.738. The van der Waals surface area contributed by atoms with Crippen LogP contribution in [0.5, 0.6) is 5.75 Å². The number of ether oxygens (including phenoxy) is 3. The van der Waals surface area contributed by atoms with Gasteiger partial charge in [0.05, 0.1) is 12.7 Å². The zero-order chi connectivity index (χ0) is 12.0. The fourth-order valence-corrected chi connectivity index (χ4v) is 1.90. The summed E-state index contributed by atoms with van der Waals surface area (Å²) in [4.78, 5) is 14.2. The van der Waals surface area contributed by atoms with Gasteiger partial charge in [0.25, 0.3) is 5.56 Å². The summed E-state index contributed by atoms with van der Waals surface area (Å²) in [6.07, 6.45) is 2.25. The Hall–Kier alpha value is -1.86. The number of hydrogen-bond acceptors (Lipinski definition) is 5. The number of methoxy groups -OCH3 is 1. The minimum absolute atomic E-state index is 0.237. The average molecular weight is 237 g/mol. The number of rotatable bonds is 2. The first-order valence-corrected chi connectivity index (χ1v) is 5.14. The second-order valence-corrected chi connectivity index (χ2v) is 3.70. The number of H-pyrrole nitrogens is 1. The Morgan fingerprint density at radius 3 is 2.94 bits per heavy atom. The molecule has 0 saturated carbocycles. The quantitative estimate of drug-likeness (QED) is 0.819. The standard InChI is InChI=1S/C10H11N3O4/c1-5-16-10(17-5)6-3-13-7(8(6)15-2)9(14)11-4-12-13/h3-5,10H,1-2H3,(H,11,12,14). The molecule has 1 aliphatic rings. The third kappa shape index (κ3) is 1.43. The third-order valence-corrected chi connectivity index (χ3v) is 2.65. The second-order valence-electron chi connectivity index (χ2n) is 3.70. The van der Waals surface area contributed by atoms with E-state index in [1.54, 1.807) is 13.1 Å². The van der Waals surface area contributed by atoms with E-state index < -0.39 is 6.29 Å². The zero-order valence-electron chi connectivity index (χ0n) is 9.34. The summed E-state index contributed by atoms with van der Waals surface area (Å²) < 4.78 is 17.4. The Balaban J connectivity index is 2.19. The predicted molar refractivity (Wildman–Crippen MR) is 56.7 cm³/mol. The van der Waals surface area contributed by atoms with Crippen LogP contribution in [-0.2, 0) is 9.47 Å². The second kappa shape index (κ2) is 3.57. The lowest BCUT2D eigenvalue weighted by Crippen LogP contribution is -2.31. The highest BCUT2D eigenvalue weighted by molar-refractivity contribution is 5.63. The Bertz CT molecular complexity index is 612. The maximum Gasteiger partial charge on any atom is 0.278 e. The summed E-state index contributed by atoms with van der Waals surface area (Å²) in [6, 6.07) is 0. The van der Waals surface area contributed by atoms with Gasteiger partial charge >= 0.3 is 0 Å². The molecule has 7 nitrogen and oxygen atoms in total. The Morgan fingerprint density at radius 1 is 1.53 bits per heavy atom. The molecule has 3 rings (SSSR count). The van der Waals surface area contributed by atoms with E-state index in [1.807, 2.05) is 0 Å². The number of aromatic amines is 1. The topological polar surface area (TPSA) is 77.8 Å². The molecule has 1 fully saturated rings. The van der Waals surface area contributed by atoms with Crippen molar-refractivity contribution in [3.05, 3.63) is 28.4 Å². The van der Waals surface area contributed by atoms with Gasteiger partial charge in [-0.1, -0.05) is 0 Å². The zero-order valence-corrected chi connectivity index (χ0v) is 9.34. The van der Waals surface area contributed by atoms with Crippen molar-refractivity contribution in [3.63, 3.8) is 0 Å². The summed E-state index contributed by atoms with van der Waals surface area (Å²) in [5, 5.41) is 4.00. The lowest BCUT2D eigenvalue weighted by atomic mass is 10.2. The maximum atomic E-state index is 11.7. The van der Waals surface area contributed by atoms with Crippen LogP contribution in [0.15, 0.2) is 17.3 Å². The van der Waals surface area contributed by atoms with Gasteiger partial charge in [-0.25, -0.2) is 4.52 Å². The highest BCUT2D eigenvalue weighted by atomic mass is 16.9. The van der Waals surface area contributed by atoms with E-state index >= 15 is 0 Å². The van der Waals surface area contributed by atoms with E-state index in [-0.39, 0.29) is 11.8 Å². The minimum atomic E-state index is -0.499. The van der Waals surface area contributed by atoms with Crippen LogP contribution in [-0.4, -0.2) is 28.0 Å². The van der Waals surface area contributed by atoms with Crippen LogP contribution in [0.2, 0.25) is 0 Å². The van der Waals surface area contributed by atoms with Gasteiger partial charge in [-0.3, -0.25) is 4.79 Å². The molecular formula is C10H11N3O4. The van der Waals surface area contributed by atoms with E-state index in [0.29, 0.717) is 16.8 Å². The summed E-state index contributed by atoms with van der Waals surface area (Å²) in [7, 11) is 1.49. The van der Waals surface area contributed by atoms with Crippen molar-refractivity contribution in [3.8, 4) is 5.75 Å². The van der Waals surface area contributed by atoms with E-state index in [1.165, 1.54) is 18.0 Å². The molecule has 0 amide bonds. The van der Waals surface area contributed by atoms with Crippen molar-refractivity contribution in [2.45, 2.75) is 19.5 Å². The molecule has 1 saturated heterocycles. The largest absolute Gasteiger partial charge is 0.494 e. The monoisotopic (exact) mass is 237 g/mol. The van der Waals surface area contributed by atoms with Crippen LogP contribution in [0.4, 0.5) is 0 Å². The molecule has 0 aliphatic carbocycles. The van der Waals surface area contributed by atoms with Gasteiger partial charge in [-0.05, 0) is 6.92 Å². The highest BCUT2D eigenvalue weighted by Gasteiger charge is 2.33. The molecule has 3 heterocycles. The smallest absolute Gasteiger partial charge is 0.278 e. The molecule has 1 aliphatic heterocycles. The summed E-state index contributed by atoms with van der Waals surface area (Å²) >= 11 is 0. The molecule has 0 aromatic carbocycles. The number of nitrogens with one attached hydrogen (secondary N) is 1. The highest BCUT2D eigenvalue weighted by Crippen LogP contribution is 2.38. The molecule has 0 unspecified atom stereocenters. The molecule has 7 heteroatoms. The number of fused-ring (bicyclic) bond motifs is 1. The van der Waals surface area contributed by atoms with Crippen LogP contribution in [0, 0.1) is 0 Å². The van der Waals surface area contributed by atoms with Crippen LogP contribution < -0.4 is 10.3 Å². The minimum Gasteiger partial charge on any atom is -0.494 e. The van der Waals surface area contributed by atoms with Crippen LogP contribution in [0.25, 0.3) is 5.52 Å². The fraction of sp³-hybridized carbons (Fsp3) is 0.400. The molecule has 2 aromatic heterocycles. The van der Waals surface area contributed by atoms with Gasteiger partial charge in [0.2, 0.25) is 0 Å². The molecule has 0 spiro atoms. The molecule has 0 bridgehead atoms. The van der Waals surface area contributed by atoms with E-state index in [9.17, 15) is 4.79 Å². The van der Waals surface area contributed by atoms with Gasteiger partial charge in [-0.15, -0.1) is 0 Å². The molecule has 1 N–H and O–H groups in total. The van der Waals surface area contributed by atoms with Crippen LogP contribution >= 0.6 is 0 Å². The number of nitrogens with zero attached hydrogens (tertiary/aromatic N) is 2. The van der Waals surface area contributed by atoms with Gasteiger partial charge in [-0.2, -0.15) is 5.10 Å². The summed E-state index contributed by atoms with van der Waals surface area (Å²) in [5.74, 6) is 0.427. The Morgan fingerprint density at radius 2 is 2.29 bits per heavy atom. The molecule has 0 radical (unpaired) electrons. The normalized spacial score (nSPS) is 23.6. The van der Waals surface area contributed by atoms with Crippen LogP contribution in [0.1, 0.15) is 18.8 Å². The van der Waals surface area contributed by atoms with Gasteiger partial charge in [0, 0.05) is 6.20 Å². The first-order chi connectivity index (χ1) is 8.20. The van der Waals surface area contributed by atoms with Gasteiger partial charge in [0.15, 0.2) is 23.8 Å². The van der Waals surface area contributed by atoms with Crippen molar-refractivity contribution >= 4 is 5.52 Å². The van der Waals surface area contributed by atoms with Crippen LogP contribution in [0.3, 0.4) is 0 Å². The fourth-order valence-electron chi connectivity index (χ4n) is 1.90. The SMILES string of the molecule is COc1c(C2OC(C)O2)cn2nc[nH]c(=O)c12. The lowest BCUT2D eigenvalue weighted by molar-refractivity contribution is -0.382.